The van der Waals surface area contributed by atoms with Gasteiger partial charge >= 0.3 is 0 Å². The third-order valence-corrected chi connectivity index (χ3v) is 5.23. The van der Waals surface area contributed by atoms with Crippen molar-refractivity contribution in [3.63, 3.8) is 0 Å². The molecule has 0 atom stereocenters. The highest BCUT2D eigenvalue weighted by atomic mass is 16.5. The number of amides is 2. The molecule has 160 valence electrons. The van der Waals surface area contributed by atoms with Crippen molar-refractivity contribution in [1.82, 2.24) is 15.5 Å². The first kappa shape index (κ1) is 21.8. The van der Waals surface area contributed by atoms with Crippen LogP contribution >= 0.6 is 0 Å². The number of benzene rings is 1. The zero-order valence-electron chi connectivity index (χ0n) is 17.3. The molecule has 1 aromatic heterocycles. The minimum atomic E-state index is -0.338. The Hall–Kier alpha value is -2.90. The predicted octanol–water partition coefficient (Wildman–Crippen LogP) is 2.53. The molecule has 3 rings (SSSR count). The normalized spacial score (nSPS) is 15.7. The average Bonchev–Trinajstić information content (AvgIpc) is 3.30. The fourth-order valence-corrected chi connectivity index (χ4v) is 3.42. The Balaban J connectivity index is 1.57. The Labute approximate surface area is 177 Å². The molecule has 0 unspecified atom stereocenters. The van der Waals surface area contributed by atoms with Crippen LogP contribution in [-0.4, -0.2) is 56.6 Å². The smallest absolute Gasteiger partial charge is 0.267 e. The summed E-state index contributed by atoms with van der Waals surface area (Å²) >= 11 is 0. The molecule has 2 heterocycles. The predicted molar refractivity (Wildman–Crippen MR) is 115 cm³/mol. The van der Waals surface area contributed by atoms with Crippen LogP contribution in [0.15, 0.2) is 58.8 Å². The Kier molecular flexibility index (Phi) is 8.23. The highest BCUT2D eigenvalue weighted by molar-refractivity contribution is 6.05. The number of hydrogen-bond donors (Lipinski definition) is 2. The van der Waals surface area contributed by atoms with E-state index in [0.717, 1.165) is 39.1 Å². The summed E-state index contributed by atoms with van der Waals surface area (Å²) in [7, 11) is 1.71. The zero-order valence-corrected chi connectivity index (χ0v) is 17.3. The van der Waals surface area contributed by atoms with E-state index in [0.29, 0.717) is 23.8 Å². The van der Waals surface area contributed by atoms with Gasteiger partial charge in [0.2, 0.25) is 0 Å². The van der Waals surface area contributed by atoms with Crippen molar-refractivity contribution in [3.8, 4) is 0 Å². The average molecular weight is 412 g/mol. The van der Waals surface area contributed by atoms with E-state index < -0.39 is 0 Å². The molecule has 1 aliphatic rings. The zero-order chi connectivity index (χ0) is 21.2. The molecular formula is C23H29N3O4. The number of carbonyl (C=O) groups excluding carboxylic acids is 2. The Morgan fingerprint density at radius 2 is 1.93 bits per heavy atom. The molecule has 1 aromatic carbocycles. The van der Waals surface area contributed by atoms with Crippen LogP contribution in [0.1, 0.15) is 29.0 Å². The minimum Gasteiger partial charge on any atom is -0.465 e. The molecule has 2 N–H and O–H groups in total. The monoisotopic (exact) mass is 411 g/mol. The Morgan fingerprint density at radius 3 is 2.60 bits per heavy atom. The maximum atomic E-state index is 12.8. The molecule has 0 saturated carbocycles. The molecule has 1 fully saturated rings. The molecule has 0 bridgehead atoms. The first-order valence-corrected chi connectivity index (χ1v) is 10.3. The van der Waals surface area contributed by atoms with E-state index in [1.54, 1.807) is 49.6 Å². The minimum absolute atomic E-state index is 0.163. The van der Waals surface area contributed by atoms with Crippen LogP contribution in [-0.2, 0) is 9.53 Å². The van der Waals surface area contributed by atoms with Crippen molar-refractivity contribution in [2.75, 3.05) is 39.9 Å². The molecule has 1 saturated heterocycles. The van der Waals surface area contributed by atoms with Gasteiger partial charge in [0.1, 0.15) is 11.5 Å². The summed E-state index contributed by atoms with van der Waals surface area (Å²) < 4.78 is 10.5. The lowest BCUT2D eigenvalue weighted by Crippen LogP contribution is -2.41. The van der Waals surface area contributed by atoms with E-state index in [1.807, 2.05) is 6.07 Å². The fraction of sp³-hybridized carbons (Fsp3) is 0.391. The van der Waals surface area contributed by atoms with E-state index in [-0.39, 0.29) is 17.5 Å². The third kappa shape index (κ3) is 6.57. The number of furan rings is 1. The molecule has 7 heteroatoms. The fourth-order valence-electron chi connectivity index (χ4n) is 3.42. The maximum absolute atomic E-state index is 12.8. The molecule has 0 aliphatic carbocycles. The van der Waals surface area contributed by atoms with Gasteiger partial charge in [-0.25, -0.2) is 0 Å². The van der Waals surface area contributed by atoms with Crippen LogP contribution < -0.4 is 10.6 Å². The molecular weight excluding hydrogens is 382 g/mol. The standard InChI is InChI=1S/C23H29N3O4/c1-29-15-13-26-11-9-18(10-12-26)17-24-23(28)21(16-20-8-5-14-30-20)25-22(27)19-6-3-2-4-7-19/h2-8,14,16,18H,9-13,15,17H2,1H3,(H,24,28)(H,25,27)/b21-16-. The van der Waals surface area contributed by atoms with Crippen LogP contribution in [0, 0.1) is 5.92 Å². The highest BCUT2D eigenvalue weighted by Gasteiger charge is 2.21. The summed E-state index contributed by atoms with van der Waals surface area (Å²) in [4.78, 5) is 27.7. The van der Waals surface area contributed by atoms with Gasteiger partial charge in [0.05, 0.1) is 12.9 Å². The van der Waals surface area contributed by atoms with Crippen LogP contribution in [0.2, 0.25) is 0 Å². The lowest BCUT2D eigenvalue weighted by atomic mass is 9.97. The van der Waals surface area contributed by atoms with Gasteiger partial charge in [0.15, 0.2) is 0 Å². The van der Waals surface area contributed by atoms with Gasteiger partial charge in [0.25, 0.3) is 11.8 Å². The van der Waals surface area contributed by atoms with Crippen LogP contribution in [0.3, 0.4) is 0 Å². The van der Waals surface area contributed by atoms with Gasteiger partial charge in [-0.15, -0.1) is 0 Å². The molecule has 30 heavy (non-hydrogen) atoms. The number of piperidine rings is 1. The Morgan fingerprint density at radius 1 is 1.17 bits per heavy atom. The second-order valence-electron chi connectivity index (χ2n) is 7.38. The van der Waals surface area contributed by atoms with E-state index in [9.17, 15) is 9.59 Å². The van der Waals surface area contributed by atoms with E-state index in [1.165, 1.54) is 6.26 Å². The first-order chi connectivity index (χ1) is 14.7. The second-order valence-corrected chi connectivity index (χ2v) is 7.38. The summed E-state index contributed by atoms with van der Waals surface area (Å²) in [6, 6.07) is 12.3. The molecule has 0 spiro atoms. The number of methoxy groups -OCH3 is 1. The largest absolute Gasteiger partial charge is 0.465 e. The van der Waals surface area contributed by atoms with Crippen molar-refractivity contribution in [3.05, 3.63) is 65.7 Å². The maximum Gasteiger partial charge on any atom is 0.267 e. The third-order valence-electron chi connectivity index (χ3n) is 5.23. The number of likely N-dealkylation sites (tertiary alicyclic amines) is 1. The van der Waals surface area contributed by atoms with Crippen molar-refractivity contribution in [2.45, 2.75) is 12.8 Å². The van der Waals surface area contributed by atoms with Crippen molar-refractivity contribution >= 4 is 17.9 Å². The van der Waals surface area contributed by atoms with E-state index in [4.69, 9.17) is 9.15 Å². The van der Waals surface area contributed by atoms with Gasteiger partial charge in [-0.3, -0.25) is 9.59 Å². The lowest BCUT2D eigenvalue weighted by Gasteiger charge is -2.31. The topological polar surface area (TPSA) is 83.8 Å². The number of ether oxygens (including phenoxy) is 1. The molecule has 2 amide bonds. The highest BCUT2D eigenvalue weighted by Crippen LogP contribution is 2.16. The summed E-state index contributed by atoms with van der Waals surface area (Å²) in [5, 5.41) is 5.69. The molecule has 7 nitrogen and oxygen atoms in total. The van der Waals surface area contributed by atoms with Gasteiger partial charge in [-0.05, 0) is 56.1 Å². The van der Waals surface area contributed by atoms with E-state index >= 15 is 0 Å². The summed E-state index contributed by atoms with van der Waals surface area (Å²) in [5.74, 6) is 0.259. The van der Waals surface area contributed by atoms with Crippen molar-refractivity contribution < 1.29 is 18.7 Å². The van der Waals surface area contributed by atoms with Crippen LogP contribution in [0.4, 0.5) is 0 Å². The van der Waals surface area contributed by atoms with Gasteiger partial charge in [-0.1, -0.05) is 18.2 Å². The quantitative estimate of drug-likeness (QED) is 0.620. The van der Waals surface area contributed by atoms with Crippen molar-refractivity contribution in [2.24, 2.45) is 5.92 Å². The SMILES string of the molecule is COCCN1CCC(CNC(=O)/C(=C/c2ccco2)NC(=O)c2ccccc2)CC1. The van der Waals surface area contributed by atoms with Crippen LogP contribution in [0.25, 0.3) is 6.08 Å². The van der Waals surface area contributed by atoms with Gasteiger partial charge < -0.3 is 24.7 Å². The number of hydrogen-bond acceptors (Lipinski definition) is 5. The number of carbonyl (C=O) groups is 2. The number of nitrogens with one attached hydrogen (secondary N) is 2. The van der Waals surface area contributed by atoms with Gasteiger partial charge in [0, 0.05) is 31.8 Å². The molecule has 0 radical (unpaired) electrons. The molecule has 1 aliphatic heterocycles. The van der Waals surface area contributed by atoms with Crippen molar-refractivity contribution in [1.29, 1.82) is 0 Å². The number of nitrogens with zero attached hydrogens (tertiary/aromatic N) is 1. The summed E-state index contributed by atoms with van der Waals surface area (Å²) in [6.07, 6.45) is 5.12. The van der Waals surface area contributed by atoms with Crippen LogP contribution in [0.5, 0.6) is 0 Å². The number of rotatable bonds is 9. The second kappa shape index (κ2) is 11.3. The van der Waals surface area contributed by atoms with Gasteiger partial charge in [-0.2, -0.15) is 0 Å². The lowest BCUT2D eigenvalue weighted by molar-refractivity contribution is -0.118. The Bertz CT molecular complexity index is 825. The molecule has 2 aromatic rings. The van der Waals surface area contributed by atoms with E-state index in [2.05, 4.69) is 15.5 Å². The summed E-state index contributed by atoms with van der Waals surface area (Å²) in [6.45, 7) is 4.27. The summed E-state index contributed by atoms with van der Waals surface area (Å²) in [5.41, 5.74) is 0.649. The first-order valence-electron chi connectivity index (χ1n) is 10.3.